The molecule has 0 aliphatic heterocycles. The van der Waals surface area contributed by atoms with Crippen molar-refractivity contribution in [1.82, 2.24) is 5.43 Å². The van der Waals surface area contributed by atoms with E-state index in [0.29, 0.717) is 22.8 Å². The van der Waals surface area contributed by atoms with Crippen molar-refractivity contribution in [3.8, 4) is 17.2 Å². The largest absolute Gasteiger partial charge is 0.493 e. The molecule has 0 aliphatic rings. The Morgan fingerprint density at radius 1 is 0.967 bits per heavy atom. The van der Waals surface area contributed by atoms with Gasteiger partial charge in [-0.3, -0.25) is 9.59 Å². The Balaban J connectivity index is 1.52. The molecule has 3 rings (SSSR count). The topological polar surface area (TPSA) is 112 Å². The van der Waals surface area contributed by atoms with E-state index in [1.165, 1.54) is 13.3 Å². The number of nitrogens with zero attached hydrogens (tertiary/aromatic N) is 1. The van der Waals surface area contributed by atoms with Crippen molar-refractivity contribution >= 4 is 28.8 Å². The molecule has 0 fully saturated rings. The Labute approximate surface area is 173 Å². The predicted molar refractivity (Wildman–Crippen MR) is 113 cm³/mol. The van der Waals surface area contributed by atoms with Crippen molar-refractivity contribution in [1.29, 1.82) is 0 Å². The van der Waals surface area contributed by atoms with Gasteiger partial charge in [0.05, 0.1) is 13.3 Å². The second-order valence-electron chi connectivity index (χ2n) is 6.26. The monoisotopic (exact) mass is 407 g/mol. The third-order valence-corrected chi connectivity index (χ3v) is 4.05. The standard InChI is InChI=1S/C22H21N3O5/c1-28-20-10-15(6-9-19(20)30-13-21(23)26)12-24-25-22(27)14-29-18-8-7-16-4-2-3-5-17(16)11-18/h2-12H,13-14H2,1H3,(H2,23,26)(H,25,27)/b24-12+. The molecule has 2 amide bonds. The van der Waals surface area contributed by atoms with Crippen molar-refractivity contribution in [2.75, 3.05) is 20.3 Å². The van der Waals surface area contributed by atoms with E-state index in [2.05, 4.69) is 10.5 Å². The molecule has 154 valence electrons. The third kappa shape index (κ3) is 5.71. The summed E-state index contributed by atoms with van der Waals surface area (Å²) in [7, 11) is 1.47. The Morgan fingerprint density at radius 2 is 1.77 bits per heavy atom. The smallest absolute Gasteiger partial charge is 0.277 e. The van der Waals surface area contributed by atoms with Gasteiger partial charge in [-0.05, 0) is 46.7 Å². The normalized spacial score (nSPS) is 10.7. The van der Waals surface area contributed by atoms with E-state index in [1.54, 1.807) is 18.2 Å². The number of nitrogens with one attached hydrogen (secondary N) is 1. The minimum absolute atomic E-state index is 0.168. The summed E-state index contributed by atoms with van der Waals surface area (Å²) in [5.74, 6) is 0.403. The predicted octanol–water partition coefficient (Wildman–Crippen LogP) is 2.24. The van der Waals surface area contributed by atoms with Crippen LogP contribution < -0.4 is 25.4 Å². The number of carbonyl (C=O) groups excluding carboxylic acids is 2. The zero-order valence-electron chi connectivity index (χ0n) is 16.3. The lowest BCUT2D eigenvalue weighted by atomic mass is 10.1. The van der Waals surface area contributed by atoms with E-state index in [1.807, 2.05) is 42.5 Å². The van der Waals surface area contributed by atoms with Crippen LogP contribution in [0.3, 0.4) is 0 Å². The lowest BCUT2D eigenvalue weighted by molar-refractivity contribution is -0.123. The molecule has 8 nitrogen and oxygen atoms in total. The van der Waals surface area contributed by atoms with Crippen LogP contribution in [0, 0.1) is 0 Å². The molecular formula is C22H21N3O5. The number of hydrazone groups is 1. The summed E-state index contributed by atoms with van der Waals surface area (Å²) < 4.78 is 16.0. The Morgan fingerprint density at radius 3 is 2.53 bits per heavy atom. The molecule has 0 bridgehead atoms. The molecule has 3 aromatic rings. The van der Waals surface area contributed by atoms with E-state index in [9.17, 15) is 9.59 Å². The molecule has 0 aromatic heterocycles. The number of hydrogen-bond donors (Lipinski definition) is 2. The van der Waals surface area contributed by atoms with E-state index >= 15 is 0 Å². The Hall–Kier alpha value is -4.07. The minimum atomic E-state index is -0.587. The van der Waals surface area contributed by atoms with Crippen molar-refractivity contribution in [2.24, 2.45) is 10.8 Å². The van der Waals surface area contributed by atoms with E-state index in [-0.39, 0.29) is 13.2 Å². The lowest BCUT2D eigenvalue weighted by Crippen LogP contribution is -2.24. The molecule has 0 aliphatic carbocycles. The van der Waals surface area contributed by atoms with Gasteiger partial charge >= 0.3 is 0 Å². The fourth-order valence-electron chi connectivity index (χ4n) is 2.65. The van der Waals surface area contributed by atoms with Gasteiger partial charge in [0, 0.05) is 0 Å². The van der Waals surface area contributed by atoms with Crippen LogP contribution in [0.2, 0.25) is 0 Å². The average molecular weight is 407 g/mol. The number of benzene rings is 3. The molecule has 0 radical (unpaired) electrons. The third-order valence-electron chi connectivity index (χ3n) is 4.05. The van der Waals surface area contributed by atoms with Crippen LogP contribution in [0.4, 0.5) is 0 Å². The maximum atomic E-state index is 12.0. The number of carbonyl (C=O) groups is 2. The lowest BCUT2D eigenvalue weighted by Gasteiger charge is -2.09. The first-order chi connectivity index (χ1) is 14.5. The van der Waals surface area contributed by atoms with Gasteiger partial charge < -0.3 is 19.9 Å². The highest BCUT2D eigenvalue weighted by atomic mass is 16.5. The number of hydrogen-bond acceptors (Lipinski definition) is 6. The summed E-state index contributed by atoms with van der Waals surface area (Å²) in [6.45, 7) is -0.421. The molecular weight excluding hydrogens is 386 g/mol. The number of fused-ring (bicyclic) bond motifs is 1. The molecule has 0 saturated carbocycles. The van der Waals surface area contributed by atoms with Gasteiger partial charge in [-0.1, -0.05) is 30.3 Å². The number of amides is 2. The Bertz CT molecular complexity index is 1080. The number of rotatable bonds is 9. The fraction of sp³-hybridized carbons (Fsp3) is 0.136. The molecule has 0 heterocycles. The Kier molecular flexibility index (Phi) is 6.83. The first kappa shape index (κ1) is 20.7. The van der Waals surface area contributed by atoms with Gasteiger partial charge in [0.25, 0.3) is 11.8 Å². The summed E-state index contributed by atoms with van der Waals surface area (Å²) in [6, 6.07) is 18.5. The molecule has 0 saturated heterocycles. The number of ether oxygens (including phenoxy) is 3. The van der Waals surface area contributed by atoms with Crippen LogP contribution in [0.25, 0.3) is 10.8 Å². The number of methoxy groups -OCH3 is 1. The van der Waals surface area contributed by atoms with Gasteiger partial charge in [0.1, 0.15) is 5.75 Å². The zero-order chi connectivity index (χ0) is 21.3. The van der Waals surface area contributed by atoms with Crippen LogP contribution in [0.1, 0.15) is 5.56 Å². The molecule has 3 N–H and O–H groups in total. The highest BCUT2D eigenvalue weighted by molar-refractivity contribution is 5.85. The average Bonchev–Trinajstić information content (AvgIpc) is 2.76. The van der Waals surface area contributed by atoms with Crippen LogP contribution in [0.5, 0.6) is 17.2 Å². The number of nitrogens with two attached hydrogens (primary N) is 1. The molecule has 0 unspecified atom stereocenters. The fourth-order valence-corrected chi connectivity index (χ4v) is 2.65. The van der Waals surface area contributed by atoms with Crippen molar-refractivity contribution < 1.29 is 23.8 Å². The summed E-state index contributed by atoms with van der Waals surface area (Å²) >= 11 is 0. The summed E-state index contributed by atoms with van der Waals surface area (Å²) in [4.78, 5) is 22.8. The van der Waals surface area contributed by atoms with Crippen LogP contribution >= 0.6 is 0 Å². The summed E-state index contributed by atoms with van der Waals surface area (Å²) in [5, 5.41) is 6.04. The first-order valence-corrected chi connectivity index (χ1v) is 9.08. The quantitative estimate of drug-likeness (QED) is 0.417. The highest BCUT2D eigenvalue weighted by Crippen LogP contribution is 2.27. The molecule has 0 atom stereocenters. The van der Waals surface area contributed by atoms with E-state index in [0.717, 1.165) is 10.8 Å². The van der Waals surface area contributed by atoms with Crippen LogP contribution in [-0.2, 0) is 9.59 Å². The van der Waals surface area contributed by atoms with Crippen LogP contribution in [-0.4, -0.2) is 38.4 Å². The molecule has 3 aromatic carbocycles. The van der Waals surface area contributed by atoms with Crippen molar-refractivity contribution in [3.63, 3.8) is 0 Å². The van der Waals surface area contributed by atoms with Gasteiger partial charge in [0.15, 0.2) is 24.7 Å². The van der Waals surface area contributed by atoms with Gasteiger partial charge in [-0.15, -0.1) is 0 Å². The van der Waals surface area contributed by atoms with Gasteiger partial charge in [0.2, 0.25) is 0 Å². The SMILES string of the molecule is COc1cc(/C=N/NC(=O)COc2ccc3ccccc3c2)ccc1OCC(N)=O. The van der Waals surface area contributed by atoms with Gasteiger partial charge in [-0.25, -0.2) is 5.43 Å². The van der Waals surface area contributed by atoms with Crippen molar-refractivity contribution in [2.45, 2.75) is 0 Å². The first-order valence-electron chi connectivity index (χ1n) is 9.08. The summed E-state index contributed by atoms with van der Waals surface area (Å²) in [6.07, 6.45) is 1.45. The second-order valence-corrected chi connectivity index (χ2v) is 6.26. The maximum absolute atomic E-state index is 12.0. The van der Waals surface area contributed by atoms with Crippen LogP contribution in [0.15, 0.2) is 65.8 Å². The van der Waals surface area contributed by atoms with Gasteiger partial charge in [-0.2, -0.15) is 5.10 Å². The van der Waals surface area contributed by atoms with E-state index < -0.39 is 11.8 Å². The zero-order valence-corrected chi connectivity index (χ0v) is 16.3. The number of primary amides is 1. The summed E-state index contributed by atoms with van der Waals surface area (Å²) in [5.41, 5.74) is 8.13. The minimum Gasteiger partial charge on any atom is -0.493 e. The highest BCUT2D eigenvalue weighted by Gasteiger charge is 2.07. The second kappa shape index (κ2) is 9.92. The molecule has 30 heavy (non-hydrogen) atoms. The molecule has 8 heteroatoms. The van der Waals surface area contributed by atoms with Crippen molar-refractivity contribution in [3.05, 3.63) is 66.2 Å². The van der Waals surface area contributed by atoms with E-state index in [4.69, 9.17) is 19.9 Å². The maximum Gasteiger partial charge on any atom is 0.277 e. The molecule has 0 spiro atoms.